The lowest BCUT2D eigenvalue weighted by atomic mass is 10.0. The van der Waals surface area contributed by atoms with E-state index in [1.54, 1.807) is 0 Å². The van der Waals surface area contributed by atoms with Crippen LogP contribution in [0.15, 0.2) is 54.9 Å². The topological polar surface area (TPSA) is 54.9 Å². The minimum Gasteiger partial charge on any atom is -0.376 e. The fourth-order valence-corrected chi connectivity index (χ4v) is 3.99. The monoisotopic (exact) mass is 381 g/mol. The summed E-state index contributed by atoms with van der Waals surface area (Å²) in [6.45, 7) is 5.39. The molecule has 6 heteroatoms. The van der Waals surface area contributed by atoms with Gasteiger partial charge in [-0.1, -0.05) is 30.3 Å². The highest BCUT2D eigenvalue weighted by Crippen LogP contribution is 2.24. The quantitative estimate of drug-likeness (QED) is 0.808. The number of pyridine rings is 1. The minimum atomic E-state index is -0.464. The number of ether oxygens (including phenoxy) is 2. The fourth-order valence-electron chi connectivity index (χ4n) is 3.99. The Morgan fingerprint density at radius 3 is 2.64 bits per heavy atom. The van der Waals surface area contributed by atoms with Crippen molar-refractivity contribution in [2.75, 3.05) is 46.0 Å². The number of hydrogen-bond acceptors (Lipinski definition) is 5. The van der Waals surface area contributed by atoms with Crippen molar-refractivity contribution in [1.82, 2.24) is 14.8 Å². The van der Waals surface area contributed by atoms with Gasteiger partial charge in [0.1, 0.15) is 5.60 Å². The number of benzene rings is 1. The number of amides is 1. The predicted octanol–water partition coefficient (Wildman–Crippen LogP) is 1.75. The van der Waals surface area contributed by atoms with Crippen molar-refractivity contribution >= 4 is 5.91 Å². The van der Waals surface area contributed by atoms with E-state index in [-0.39, 0.29) is 5.91 Å². The third-order valence-electron chi connectivity index (χ3n) is 5.38. The van der Waals surface area contributed by atoms with Crippen molar-refractivity contribution in [3.05, 3.63) is 66.0 Å². The summed E-state index contributed by atoms with van der Waals surface area (Å²) in [5.41, 5.74) is 1.81. The minimum absolute atomic E-state index is 0.130. The molecule has 1 amide bonds. The molecule has 0 unspecified atom stereocenters. The first-order valence-electron chi connectivity index (χ1n) is 9.87. The first-order chi connectivity index (χ1) is 13.7. The van der Waals surface area contributed by atoms with Gasteiger partial charge in [-0.3, -0.25) is 14.7 Å². The van der Waals surface area contributed by atoms with Crippen molar-refractivity contribution in [3.8, 4) is 0 Å². The van der Waals surface area contributed by atoms with Gasteiger partial charge < -0.3 is 14.4 Å². The number of hydrogen-bond donors (Lipinski definition) is 0. The van der Waals surface area contributed by atoms with Crippen LogP contribution in [-0.4, -0.2) is 72.3 Å². The third-order valence-corrected chi connectivity index (χ3v) is 5.38. The Morgan fingerprint density at radius 2 is 1.82 bits per heavy atom. The highest BCUT2D eigenvalue weighted by Gasteiger charge is 2.41. The Balaban J connectivity index is 1.43. The summed E-state index contributed by atoms with van der Waals surface area (Å²) in [5.74, 6) is 0.130. The predicted molar refractivity (Wildman–Crippen MR) is 106 cm³/mol. The molecule has 2 saturated heterocycles. The van der Waals surface area contributed by atoms with Gasteiger partial charge >= 0.3 is 0 Å². The standard InChI is InChI=1S/C22H27N3O3/c26-21(14-19-4-2-1-3-5-19)25-11-12-27-18-22(17-25)16-24(10-13-28-22)15-20-6-8-23-9-7-20/h1-9H,10-18H2/t22-/m0/s1. The van der Waals surface area contributed by atoms with Crippen molar-refractivity contribution in [2.24, 2.45) is 0 Å². The van der Waals surface area contributed by atoms with Crippen molar-refractivity contribution in [1.29, 1.82) is 0 Å². The molecular formula is C22H27N3O3. The van der Waals surface area contributed by atoms with Crippen LogP contribution in [0, 0.1) is 0 Å². The molecule has 6 nitrogen and oxygen atoms in total. The molecule has 1 atom stereocenters. The van der Waals surface area contributed by atoms with E-state index in [9.17, 15) is 4.79 Å². The van der Waals surface area contributed by atoms with Crippen LogP contribution in [-0.2, 0) is 27.2 Å². The van der Waals surface area contributed by atoms with E-state index in [2.05, 4.69) is 9.88 Å². The van der Waals surface area contributed by atoms with Crippen LogP contribution in [0.25, 0.3) is 0 Å². The zero-order valence-electron chi connectivity index (χ0n) is 16.1. The second-order valence-corrected chi connectivity index (χ2v) is 7.63. The summed E-state index contributed by atoms with van der Waals surface area (Å²) in [5, 5.41) is 0. The maximum atomic E-state index is 12.9. The van der Waals surface area contributed by atoms with Crippen LogP contribution >= 0.6 is 0 Å². The highest BCUT2D eigenvalue weighted by atomic mass is 16.5. The average Bonchev–Trinajstić information content (AvgIpc) is 2.92. The average molecular weight is 381 g/mol. The van der Waals surface area contributed by atoms with Gasteiger partial charge in [-0.25, -0.2) is 0 Å². The molecule has 148 valence electrons. The van der Waals surface area contributed by atoms with Gasteiger partial charge in [0.2, 0.25) is 5.91 Å². The van der Waals surface area contributed by atoms with Crippen LogP contribution in [0.3, 0.4) is 0 Å². The first kappa shape index (κ1) is 19.1. The molecule has 2 aliphatic heterocycles. The molecule has 2 fully saturated rings. The Kier molecular flexibility index (Phi) is 6.00. The van der Waals surface area contributed by atoms with E-state index in [1.165, 1.54) is 5.56 Å². The fraction of sp³-hybridized carbons (Fsp3) is 0.455. The Morgan fingerprint density at radius 1 is 1.00 bits per heavy atom. The second-order valence-electron chi connectivity index (χ2n) is 7.63. The van der Waals surface area contributed by atoms with Gasteiger partial charge in [-0.2, -0.15) is 0 Å². The van der Waals surface area contributed by atoms with E-state index in [0.29, 0.717) is 39.3 Å². The maximum absolute atomic E-state index is 12.9. The van der Waals surface area contributed by atoms with Crippen molar-refractivity contribution in [2.45, 2.75) is 18.6 Å². The summed E-state index contributed by atoms with van der Waals surface area (Å²) >= 11 is 0. The molecule has 4 rings (SSSR count). The Bertz CT molecular complexity index is 771. The normalized spacial score (nSPS) is 23.5. The number of morpholine rings is 1. The van der Waals surface area contributed by atoms with Gasteiger partial charge in [0, 0.05) is 38.6 Å². The summed E-state index contributed by atoms with van der Waals surface area (Å²) in [6, 6.07) is 14.0. The second kappa shape index (κ2) is 8.82. The van der Waals surface area contributed by atoms with E-state index < -0.39 is 5.60 Å². The molecule has 0 aliphatic carbocycles. The molecular weight excluding hydrogens is 354 g/mol. The smallest absolute Gasteiger partial charge is 0.227 e. The van der Waals surface area contributed by atoms with Crippen molar-refractivity contribution in [3.63, 3.8) is 0 Å². The number of nitrogens with zero attached hydrogens (tertiary/aromatic N) is 3. The van der Waals surface area contributed by atoms with Gasteiger partial charge in [0.15, 0.2) is 0 Å². The summed E-state index contributed by atoms with van der Waals surface area (Å²) in [4.78, 5) is 21.3. The van der Waals surface area contributed by atoms with E-state index >= 15 is 0 Å². The molecule has 28 heavy (non-hydrogen) atoms. The largest absolute Gasteiger partial charge is 0.376 e. The summed E-state index contributed by atoms with van der Waals surface area (Å²) < 4.78 is 12.1. The molecule has 2 aromatic rings. The molecule has 2 aliphatic rings. The van der Waals surface area contributed by atoms with Crippen LogP contribution in [0.4, 0.5) is 0 Å². The molecule has 0 saturated carbocycles. The zero-order valence-corrected chi connectivity index (χ0v) is 16.1. The Hall–Kier alpha value is -2.28. The summed E-state index contributed by atoms with van der Waals surface area (Å²) in [7, 11) is 0. The lowest BCUT2D eigenvalue weighted by Crippen LogP contribution is -2.59. The molecule has 1 aromatic carbocycles. The number of carbonyl (C=O) groups is 1. The van der Waals surface area contributed by atoms with E-state index in [4.69, 9.17) is 9.47 Å². The van der Waals surface area contributed by atoms with E-state index in [1.807, 2.05) is 59.8 Å². The SMILES string of the molecule is O=C(Cc1ccccc1)N1CCOC[C@]2(CN(Cc3ccncc3)CCO2)C1. The van der Waals surface area contributed by atoms with Gasteiger partial charge in [0.05, 0.1) is 32.8 Å². The van der Waals surface area contributed by atoms with Crippen LogP contribution in [0.1, 0.15) is 11.1 Å². The first-order valence-corrected chi connectivity index (χ1v) is 9.87. The van der Waals surface area contributed by atoms with Crippen LogP contribution < -0.4 is 0 Å². The number of rotatable bonds is 4. The molecule has 0 radical (unpaired) electrons. The number of aromatic nitrogens is 1. The zero-order chi connectivity index (χ0) is 19.2. The lowest BCUT2D eigenvalue weighted by Gasteiger charge is -2.43. The van der Waals surface area contributed by atoms with Crippen molar-refractivity contribution < 1.29 is 14.3 Å². The molecule has 0 N–H and O–H groups in total. The number of carbonyl (C=O) groups excluding carboxylic acids is 1. The van der Waals surface area contributed by atoms with Gasteiger partial charge in [-0.05, 0) is 23.3 Å². The lowest BCUT2D eigenvalue weighted by molar-refractivity contribution is -0.152. The van der Waals surface area contributed by atoms with Crippen LogP contribution in [0.5, 0.6) is 0 Å². The summed E-state index contributed by atoms with van der Waals surface area (Å²) in [6.07, 6.45) is 4.06. The molecule has 1 spiro atoms. The van der Waals surface area contributed by atoms with Gasteiger partial charge in [-0.15, -0.1) is 0 Å². The molecule has 3 heterocycles. The molecule has 1 aromatic heterocycles. The van der Waals surface area contributed by atoms with E-state index in [0.717, 1.165) is 25.2 Å². The molecule has 0 bridgehead atoms. The third kappa shape index (κ3) is 4.76. The van der Waals surface area contributed by atoms with Gasteiger partial charge in [0.25, 0.3) is 0 Å². The maximum Gasteiger partial charge on any atom is 0.227 e. The Labute approximate surface area is 166 Å². The van der Waals surface area contributed by atoms with Crippen LogP contribution in [0.2, 0.25) is 0 Å². The highest BCUT2D eigenvalue weighted by molar-refractivity contribution is 5.78.